The molecule has 104 valence electrons. The first kappa shape index (κ1) is 13.0. The van der Waals surface area contributed by atoms with Crippen molar-refractivity contribution in [3.63, 3.8) is 0 Å². The molecule has 0 spiro atoms. The van der Waals surface area contributed by atoms with Gasteiger partial charge in [0.05, 0.1) is 6.61 Å². The highest BCUT2D eigenvalue weighted by atomic mass is 16.3. The molecule has 2 heterocycles. The summed E-state index contributed by atoms with van der Waals surface area (Å²) in [5.74, 6) is 0.786. The summed E-state index contributed by atoms with van der Waals surface area (Å²) >= 11 is 0. The van der Waals surface area contributed by atoms with Gasteiger partial charge in [0.1, 0.15) is 0 Å². The normalized spacial score (nSPS) is 15.3. The van der Waals surface area contributed by atoms with Gasteiger partial charge >= 0.3 is 0 Å². The minimum atomic E-state index is 0.0492. The molecule has 1 fully saturated rings. The van der Waals surface area contributed by atoms with Gasteiger partial charge in [-0.25, -0.2) is 9.97 Å². The molecule has 0 bridgehead atoms. The Morgan fingerprint density at radius 1 is 1.10 bits per heavy atom. The molecule has 0 unspecified atom stereocenters. The predicted molar refractivity (Wildman–Crippen MR) is 78.5 cm³/mol. The maximum Gasteiger partial charge on any atom is 0.225 e. The van der Waals surface area contributed by atoms with Crippen LogP contribution < -0.4 is 10.2 Å². The number of hydrogen-bond donors (Lipinski definition) is 2. The van der Waals surface area contributed by atoms with E-state index in [1.807, 2.05) is 36.7 Å². The fourth-order valence-corrected chi connectivity index (χ4v) is 2.35. The summed E-state index contributed by atoms with van der Waals surface area (Å²) in [6, 6.07) is 7.80. The molecule has 1 aliphatic rings. The number of anilines is 1. The largest absolute Gasteiger partial charge is 0.392 e. The van der Waals surface area contributed by atoms with Crippen molar-refractivity contribution in [3.05, 3.63) is 42.2 Å². The number of aromatic nitrogens is 2. The molecule has 2 N–H and O–H groups in total. The van der Waals surface area contributed by atoms with Gasteiger partial charge < -0.3 is 15.3 Å². The molecule has 0 amide bonds. The Kier molecular flexibility index (Phi) is 3.90. The van der Waals surface area contributed by atoms with E-state index in [2.05, 4.69) is 20.2 Å². The molecule has 3 rings (SSSR count). The number of benzene rings is 1. The van der Waals surface area contributed by atoms with Crippen molar-refractivity contribution in [2.45, 2.75) is 6.61 Å². The van der Waals surface area contributed by atoms with E-state index in [4.69, 9.17) is 0 Å². The van der Waals surface area contributed by atoms with Crippen LogP contribution in [0, 0.1) is 0 Å². The molecule has 1 aliphatic heterocycles. The Morgan fingerprint density at radius 3 is 2.55 bits per heavy atom. The van der Waals surface area contributed by atoms with Gasteiger partial charge in [0.2, 0.25) is 5.95 Å². The van der Waals surface area contributed by atoms with Gasteiger partial charge in [-0.1, -0.05) is 18.2 Å². The summed E-state index contributed by atoms with van der Waals surface area (Å²) in [7, 11) is 0. The molecule has 0 saturated carbocycles. The first-order chi connectivity index (χ1) is 9.86. The van der Waals surface area contributed by atoms with Crippen LogP contribution >= 0.6 is 0 Å². The van der Waals surface area contributed by atoms with Crippen molar-refractivity contribution in [1.82, 2.24) is 15.3 Å². The van der Waals surface area contributed by atoms with Crippen LogP contribution in [0.4, 0.5) is 5.95 Å². The molecule has 1 saturated heterocycles. The van der Waals surface area contributed by atoms with E-state index in [0.29, 0.717) is 0 Å². The SMILES string of the molecule is OCc1cccc(-c2cnc(N3CCNCC3)nc2)c1. The van der Waals surface area contributed by atoms with Crippen LogP contribution in [0.5, 0.6) is 0 Å². The van der Waals surface area contributed by atoms with Gasteiger partial charge in [0.15, 0.2) is 0 Å². The van der Waals surface area contributed by atoms with Crippen molar-refractivity contribution in [3.8, 4) is 11.1 Å². The number of nitrogens with one attached hydrogen (secondary N) is 1. The minimum absolute atomic E-state index is 0.0492. The Labute approximate surface area is 118 Å². The topological polar surface area (TPSA) is 61.3 Å². The zero-order valence-electron chi connectivity index (χ0n) is 11.3. The highest BCUT2D eigenvalue weighted by molar-refractivity contribution is 5.62. The van der Waals surface area contributed by atoms with E-state index >= 15 is 0 Å². The molecular weight excluding hydrogens is 252 g/mol. The Bertz CT molecular complexity index is 564. The van der Waals surface area contributed by atoms with Crippen molar-refractivity contribution in [2.24, 2.45) is 0 Å². The van der Waals surface area contributed by atoms with Crippen LogP contribution in [0.25, 0.3) is 11.1 Å². The number of nitrogens with zero attached hydrogens (tertiary/aromatic N) is 3. The third kappa shape index (κ3) is 2.79. The van der Waals surface area contributed by atoms with E-state index in [1.165, 1.54) is 0 Å². The van der Waals surface area contributed by atoms with E-state index < -0.39 is 0 Å². The highest BCUT2D eigenvalue weighted by Crippen LogP contribution is 2.20. The van der Waals surface area contributed by atoms with Crippen molar-refractivity contribution < 1.29 is 5.11 Å². The summed E-state index contributed by atoms with van der Waals surface area (Å²) < 4.78 is 0. The Balaban J connectivity index is 1.81. The minimum Gasteiger partial charge on any atom is -0.392 e. The second-order valence-corrected chi connectivity index (χ2v) is 4.87. The fourth-order valence-electron chi connectivity index (χ4n) is 2.35. The maximum absolute atomic E-state index is 9.18. The Hall–Kier alpha value is -1.98. The standard InChI is InChI=1S/C15H18N4O/c20-11-12-2-1-3-13(8-12)14-9-17-15(18-10-14)19-6-4-16-5-7-19/h1-3,8-10,16,20H,4-7,11H2. The summed E-state index contributed by atoms with van der Waals surface area (Å²) in [5.41, 5.74) is 2.90. The monoisotopic (exact) mass is 270 g/mol. The smallest absolute Gasteiger partial charge is 0.225 e. The van der Waals surface area contributed by atoms with Gasteiger partial charge in [-0.3, -0.25) is 0 Å². The number of hydrogen-bond acceptors (Lipinski definition) is 5. The Morgan fingerprint density at radius 2 is 1.85 bits per heavy atom. The number of piperazine rings is 1. The molecule has 0 radical (unpaired) electrons. The number of rotatable bonds is 3. The summed E-state index contributed by atoms with van der Waals surface area (Å²) in [5, 5.41) is 12.5. The second-order valence-electron chi connectivity index (χ2n) is 4.87. The van der Waals surface area contributed by atoms with Crippen LogP contribution in [0.1, 0.15) is 5.56 Å². The van der Waals surface area contributed by atoms with Crippen molar-refractivity contribution in [2.75, 3.05) is 31.1 Å². The molecule has 0 aliphatic carbocycles. The maximum atomic E-state index is 9.18. The van der Waals surface area contributed by atoms with Gasteiger partial charge in [-0.05, 0) is 17.2 Å². The number of aliphatic hydroxyl groups is 1. The third-order valence-electron chi connectivity index (χ3n) is 3.48. The van der Waals surface area contributed by atoms with Crippen LogP contribution in [0.2, 0.25) is 0 Å². The third-order valence-corrected chi connectivity index (χ3v) is 3.48. The highest BCUT2D eigenvalue weighted by Gasteiger charge is 2.12. The molecule has 1 aromatic heterocycles. The lowest BCUT2D eigenvalue weighted by Gasteiger charge is -2.27. The van der Waals surface area contributed by atoms with Crippen LogP contribution in [0.15, 0.2) is 36.7 Å². The summed E-state index contributed by atoms with van der Waals surface area (Å²) in [6.07, 6.45) is 3.70. The van der Waals surface area contributed by atoms with Crippen LogP contribution in [-0.2, 0) is 6.61 Å². The lowest BCUT2D eigenvalue weighted by molar-refractivity contribution is 0.282. The van der Waals surface area contributed by atoms with Crippen molar-refractivity contribution in [1.29, 1.82) is 0 Å². The zero-order chi connectivity index (χ0) is 13.8. The van der Waals surface area contributed by atoms with Crippen LogP contribution in [0.3, 0.4) is 0 Å². The van der Waals surface area contributed by atoms with E-state index in [9.17, 15) is 5.11 Å². The fraction of sp³-hybridized carbons (Fsp3) is 0.333. The average molecular weight is 270 g/mol. The molecule has 5 nitrogen and oxygen atoms in total. The molecular formula is C15H18N4O. The van der Waals surface area contributed by atoms with Gasteiger partial charge in [-0.15, -0.1) is 0 Å². The van der Waals surface area contributed by atoms with Crippen molar-refractivity contribution >= 4 is 5.95 Å². The molecule has 1 aromatic carbocycles. The molecule has 2 aromatic rings. The van der Waals surface area contributed by atoms with Gasteiger partial charge in [-0.2, -0.15) is 0 Å². The molecule has 5 heteroatoms. The first-order valence-corrected chi connectivity index (χ1v) is 6.85. The van der Waals surface area contributed by atoms with E-state index in [-0.39, 0.29) is 6.61 Å². The molecule has 20 heavy (non-hydrogen) atoms. The van der Waals surface area contributed by atoms with Crippen LogP contribution in [-0.4, -0.2) is 41.3 Å². The quantitative estimate of drug-likeness (QED) is 0.873. The second kappa shape index (κ2) is 5.98. The lowest BCUT2D eigenvalue weighted by atomic mass is 10.1. The molecule has 0 atom stereocenters. The average Bonchev–Trinajstić information content (AvgIpc) is 2.56. The predicted octanol–water partition coefficient (Wildman–Crippen LogP) is 1.05. The zero-order valence-corrected chi connectivity index (χ0v) is 11.3. The summed E-state index contributed by atoms with van der Waals surface area (Å²) in [6.45, 7) is 3.89. The summed E-state index contributed by atoms with van der Waals surface area (Å²) in [4.78, 5) is 11.1. The van der Waals surface area contributed by atoms with Gasteiger partial charge in [0.25, 0.3) is 0 Å². The lowest BCUT2D eigenvalue weighted by Crippen LogP contribution is -2.44. The van der Waals surface area contributed by atoms with E-state index in [1.54, 1.807) is 0 Å². The van der Waals surface area contributed by atoms with Gasteiger partial charge in [0, 0.05) is 44.1 Å². The first-order valence-electron chi connectivity index (χ1n) is 6.85. The number of aliphatic hydroxyl groups excluding tert-OH is 1. The van der Waals surface area contributed by atoms with E-state index in [0.717, 1.165) is 48.8 Å².